The van der Waals surface area contributed by atoms with Crippen LogP contribution in [0.5, 0.6) is 0 Å². The lowest BCUT2D eigenvalue weighted by Crippen LogP contribution is -2.12. The van der Waals surface area contributed by atoms with Crippen LogP contribution in [0.4, 0.5) is 0 Å². The van der Waals surface area contributed by atoms with Crippen molar-refractivity contribution in [1.29, 1.82) is 0 Å². The van der Waals surface area contributed by atoms with Crippen molar-refractivity contribution in [2.45, 2.75) is 58.3 Å². The van der Waals surface area contributed by atoms with Crippen LogP contribution in [0.15, 0.2) is 0 Å². The second-order valence-electron chi connectivity index (χ2n) is 4.38. The van der Waals surface area contributed by atoms with E-state index in [4.69, 9.17) is 5.11 Å². The summed E-state index contributed by atoms with van der Waals surface area (Å²) >= 11 is 0. The van der Waals surface area contributed by atoms with Crippen molar-refractivity contribution < 1.29 is 24.2 Å². The number of carboxylic acids is 1. The van der Waals surface area contributed by atoms with E-state index < -0.39 is 18.5 Å². The third-order valence-electron chi connectivity index (χ3n) is 2.52. The predicted octanol–water partition coefficient (Wildman–Crippen LogP) is 2.32. The van der Waals surface area contributed by atoms with Crippen molar-refractivity contribution in [3.05, 3.63) is 0 Å². The van der Waals surface area contributed by atoms with E-state index in [0.29, 0.717) is 6.42 Å². The summed E-state index contributed by atoms with van der Waals surface area (Å²) in [5.41, 5.74) is 0. The van der Waals surface area contributed by atoms with Crippen LogP contribution in [-0.2, 0) is 19.1 Å². The fourth-order valence-electron chi connectivity index (χ4n) is 1.56. The number of Topliss-reactive ketones (excluding diaryl/α,β-unsaturated/α-hetero) is 1. The molecule has 0 aliphatic heterocycles. The maximum atomic E-state index is 11.0. The van der Waals surface area contributed by atoms with Gasteiger partial charge in [0.2, 0.25) is 0 Å². The van der Waals surface area contributed by atoms with E-state index in [1.54, 1.807) is 6.92 Å². The van der Waals surface area contributed by atoms with Crippen molar-refractivity contribution in [2.24, 2.45) is 0 Å². The maximum Gasteiger partial charge on any atom is 0.341 e. The SMILES string of the molecule is CC(=O)CCCCCCCCC(=O)OCC(=O)O. The molecule has 0 saturated carbocycles. The molecule has 0 spiro atoms. The van der Waals surface area contributed by atoms with Gasteiger partial charge in [-0.3, -0.25) is 4.79 Å². The van der Waals surface area contributed by atoms with E-state index in [1.165, 1.54) is 0 Å². The Bertz CT molecular complexity index is 273. The molecule has 0 aliphatic rings. The number of hydrogen-bond donors (Lipinski definition) is 1. The Morgan fingerprint density at radius 2 is 1.39 bits per heavy atom. The molecular formula is C13H22O5. The van der Waals surface area contributed by atoms with Gasteiger partial charge in [0.25, 0.3) is 0 Å². The zero-order valence-electron chi connectivity index (χ0n) is 10.9. The van der Waals surface area contributed by atoms with E-state index in [-0.39, 0.29) is 12.2 Å². The summed E-state index contributed by atoms with van der Waals surface area (Å²) in [4.78, 5) is 31.8. The molecule has 18 heavy (non-hydrogen) atoms. The molecule has 1 N–H and O–H groups in total. The van der Waals surface area contributed by atoms with Crippen molar-refractivity contribution in [1.82, 2.24) is 0 Å². The van der Waals surface area contributed by atoms with Gasteiger partial charge in [0.15, 0.2) is 6.61 Å². The smallest absolute Gasteiger partial charge is 0.341 e. The molecule has 0 unspecified atom stereocenters. The van der Waals surface area contributed by atoms with Crippen LogP contribution in [0.25, 0.3) is 0 Å². The lowest BCUT2D eigenvalue weighted by molar-refractivity contribution is -0.155. The van der Waals surface area contributed by atoms with E-state index >= 15 is 0 Å². The van der Waals surface area contributed by atoms with Gasteiger partial charge in [-0.15, -0.1) is 0 Å². The molecule has 0 amide bonds. The molecule has 0 saturated heterocycles. The fourth-order valence-corrected chi connectivity index (χ4v) is 1.56. The largest absolute Gasteiger partial charge is 0.479 e. The average Bonchev–Trinajstić information content (AvgIpc) is 2.29. The summed E-state index contributed by atoms with van der Waals surface area (Å²) in [6, 6.07) is 0. The van der Waals surface area contributed by atoms with Gasteiger partial charge in [-0.1, -0.05) is 25.7 Å². The maximum absolute atomic E-state index is 11.0. The number of carbonyl (C=O) groups is 3. The van der Waals surface area contributed by atoms with Crippen molar-refractivity contribution in [2.75, 3.05) is 6.61 Å². The van der Waals surface area contributed by atoms with Crippen LogP contribution in [0.3, 0.4) is 0 Å². The number of aliphatic carboxylic acids is 1. The number of ether oxygens (including phenoxy) is 1. The van der Waals surface area contributed by atoms with Crippen molar-refractivity contribution >= 4 is 17.7 Å². The van der Waals surface area contributed by atoms with Crippen LogP contribution >= 0.6 is 0 Å². The number of carbonyl (C=O) groups excluding carboxylic acids is 2. The number of unbranched alkanes of at least 4 members (excludes halogenated alkanes) is 5. The van der Waals surface area contributed by atoms with Crippen LogP contribution in [0, 0.1) is 0 Å². The Kier molecular flexibility index (Phi) is 9.91. The van der Waals surface area contributed by atoms with Crippen LogP contribution < -0.4 is 0 Å². The normalized spacial score (nSPS) is 10.1. The van der Waals surface area contributed by atoms with Gasteiger partial charge in [-0.2, -0.15) is 0 Å². The highest BCUT2D eigenvalue weighted by Crippen LogP contribution is 2.09. The highest BCUT2D eigenvalue weighted by Gasteiger charge is 2.05. The lowest BCUT2D eigenvalue weighted by Gasteiger charge is -2.02. The van der Waals surface area contributed by atoms with E-state index in [1.807, 2.05) is 0 Å². The first-order valence-electron chi connectivity index (χ1n) is 6.39. The van der Waals surface area contributed by atoms with E-state index in [0.717, 1.165) is 38.5 Å². The molecule has 0 fully saturated rings. The fraction of sp³-hybridized carbons (Fsp3) is 0.769. The Morgan fingerprint density at radius 3 is 1.89 bits per heavy atom. The molecular weight excluding hydrogens is 236 g/mol. The highest BCUT2D eigenvalue weighted by molar-refractivity contribution is 5.75. The van der Waals surface area contributed by atoms with Gasteiger partial charge in [-0.25, -0.2) is 4.79 Å². The summed E-state index contributed by atoms with van der Waals surface area (Å²) in [6.45, 7) is 1.05. The first-order valence-corrected chi connectivity index (χ1v) is 6.39. The third kappa shape index (κ3) is 12.7. The van der Waals surface area contributed by atoms with Gasteiger partial charge in [0, 0.05) is 12.8 Å². The minimum absolute atomic E-state index is 0.233. The Morgan fingerprint density at radius 1 is 0.889 bits per heavy atom. The Labute approximate surface area is 108 Å². The number of ketones is 1. The minimum Gasteiger partial charge on any atom is -0.479 e. The number of rotatable bonds is 11. The van der Waals surface area contributed by atoms with Gasteiger partial charge in [-0.05, 0) is 19.8 Å². The molecule has 0 rings (SSSR count). The zero-order valence-corrected chi connectivity index (χ0v) is 10.9. The van der Waals surface area contributed by atoms with Crippen molar-refractivity contribution in [3.63, 3.8) is 0 Å². The molecule has 0 heterocycles. The first kappa shape index (κ1) is 16.6. The quantitative estimate of drug-likeness (QED) is 0.454. The molecule has 0 aliphatic carbocycles. The van der Waals surface area contributed by atoms with E-state index in [2.05, 4.69) is 4.74 Å². The summed E-state index contributed by atoms with van der Waals surface area (Å²) in [7, 11) is 0. The summed E-state index contributed by atoms with van der Waals surface area (Å²) in [6.07, 6.45) is 6.68. The molecule has 0 aromatic rings. The first-order chi connectivity index (χ1) is 8.52. The molecule has 0 radical (unpaired) electrons. The molecule has 0 aromatic carbocycles. The number of carboxylic acid groups (broad SMARTS) is 1. The summed E-state index contributed by atoms with van der Waals surface area (Å²) in [5.74, 6) is -1.35. The predicted molar refractivity (Wildman–Crippen MR) is 66.2 cm³/mol. The summed E-state index contributed by atoms with van der Waals surface area (Å²) in [5, 5.41) is 8.29. The summed E-state index contributed by atoms with van der Waals surface area (Å²) < 4.78 is 4.50. The second-order valence-corrected chi connectivity index (χ2v) is 4.38. The average molecular weight is 258 g/mol. The Balaban J connectivity index is 3.22. The number of hydrogen-bond acceptors (Lipinski definition) is 4. The number of esters is 1. The zero-order chi connectivity index (χ0) is 13.8. The van der Waals surface area contributed by atoms with Gasteiger partial charge >= 0.3 is 11.9 Å². The molecule has 0 bridgehead atoms. The van der Waals surface area contributed by atoms with Crippen LogP contribution in [0.1, 0.15) is 58.3 Å². The van der Waals surface area contributed by atoms with Gasteiger partial charge < -0.3 is 14.6 Å². The molecule has 5 heteroatoms. The molecule has 5 nitrogen and oxygen atoms in total. The van der Waals surface area contributed by atoms with Crippen molar-refractivity contribution in [3.8, 4) is 0 Å². The monoisotopic (exact) mass is 258 g/mol. The lowest BCUT2D eigenvalue weighted by atomic mass is 10.1. The second kappa shape index (κ2) is 10.7. The third-order valence-corrected chi connectivity index (χ3v) is 2.52. The standard InChI is InChI=1S/C13H22O5/c1-11(14)8-6-4-2-3-5-7-9-13(17)18-10-12(15)16/h2-10H2,1H3,(H,15,16). The topological polar surface area (TPSA) is 80.7 Å². The molecule has 0 aromatic heterocycles. The Hall–Kier alpha value is -1.39. The van der Waals surface area contributed by atoms with E-state index in [9.17, 15) is 14.4 Å². The van der Waals surface area contributed by atoms with Crippen LogP contribution in [-0.4, -0.2) is 29.4 Å². The minimum atomic E-state index is -1.13. The van der Waals surface area contributed by atoms with Gasteiger partial charge in [0.1, 0.15) is 5.78 Å². The van der Waals surface area contributed by atoms with Crippen LogP contribution in [0.2, 0.25) is 0 Å². The molecule has 104 valence electrons. The van der Waals surface area contributed by atoms with Gasteiger partial charge in [0.05, 0.1) is 0 Å². The highest BCUT2D eigenvalue weighted by atomic mass is 16.5. The molecule has 0 atom stereocenters.